The number of aromatic nitrogens is 5. The Hall–Kier alpha value is -4.02. The molecule has 10 heteroatoms. The summed E-state index contributed by atoms with van der Waals surface area (Å²) in [7, 11) is 2.15. The highest BCUT2D eigenvalue weighted by atomic mass is 16.5. The van der Waals surface area contributed by atoms with Crippen LogP contribution in [0.1, 0.15) is 25.0 Å². The summed E-state index contributed by atoms with van der Waals surface area (Å²) < 4.78 is 14.6. The molecule has 1 N–H and O–H groups in total. The Labute approximate surface area is 220 Å². The summed E-state index contributed by atoms with van der Waals surface area (Å²) in [5, 5.41) is 3.77. The van der Waals surface area contributed by atoms with Crippen molar-refractivity contribution >= 4 is 22.7 Å². The molecule has 10 nitrogen and oxygen atoms in total. The molecule has 0 radical (unpaired) electrons. The van der Waals surface area contributed by atoms with Crippen LogP contribution in [-0.2, 0) is 23.2 Å². The topological polar surface area (TPSA) is 99.3 Å². The lowest BCUT2D eigenvalue weighted by Crippen LogP contribution is -2.39. The van der Waals surface area contributed by atoms with E-state index in [9.17, 15) is 4.79 Å². The van der Waals surface area contributed by atoms with E-state index in [2.05, 4.69) is 59.3 Å². The Morgan fingerprint density at radius 3 is 2.87 bits per heavy atom. The van der Waals surface area contributed by atoms with Crippen molar-refractivity contribution in [1.29, 1.82) is 0 Å². The van der Waals surface area contributed by atoms with Crippen LogP contribution in [0, 0.1) is 0 Å². The molecule has 2 aliphatic heterocycles. The highest BCUT2D eigenvalue weighted by Crippen LogP contribution is 2.35. The molecule has 38 heavy (non-hydrogen) atoms. The molecule has 0 saturated carbocycles. The minimum absolute atomic E-state index is 0.0291. The van der Waals surface area contributed by atoms with Gasteiger partial charge in [-0.05, 0) is 36.4 Å². The van der Waals surface area contributed by atoms with Crippen molar-refractivity contribution in [2.45, 2.75) is 32.4 Å². The Kier molecular flexibility index (Phi) is 6.21. The van der Waals surface area contributed by atoms with Gasteiger partial charge in [-0.25, -0.2) is 14.3 Å². The molecule has 6 rings (SSSR count). The minimum atomic E-state index is -0.195. The number of ether oxygens (including phenoxy) is 2. The number of allylic oxidation sites excluding steroid dienone is 1. The van der Waals surface area contributed by atoms with Crippen LogP contribution >= 0.6 is 0 Å². The van der Waals surface area contributed by atoms with E-state index in [-0.39, 0.29) is 11.0 Å². The van der Waals surface area contributed by atoms with Gasteiger partial charge in [0, 0.05) is 36.5 Å². The number of likely N-dealkylation sites (N-methyl/N-ethyl adjacent to an activating group) is 1. The summed E-state index contributed by atoms with van der Waals surface area (Å²) in [5.41, 5.74) is 3.85. The lowest BCUT2D eigenvalue weighted by Gasteiger charge is -2.38. The second-order valence-corrected chi connectivity index (χ2v) is 10.4. The van der Waals surface area contributed by atoms with Crippen LogP contribution < -0.4 is 15.6 Å². The third-order valence-corrected chi connectivity index (χ3v) is 6.94. The van der Waals surface area contributed by atoms with Crippen LogP contribution in [0.25, 0.3) is 16.9 Å². The van der Waals surface area contributed by atoms with Crippen molar-refractivity contribution in [3.63, 3.8) is 0 Å². The van der Waals surface area contributed by atoms with E-state index in [1.54, 1.807) is 21.6 Å². The molecule has 2 bridgehead atoms. The largest absolute Gasteiger partial charge is 0.475 e. The fourth-order valence-corrected chi connectivity index (χ4v) is 5.35. The monoisotopic (exact) mass is 513 g/mol. The van der Waals surface area contributed by atoms with Crippen molar-refractivity contribution in [2.24, 2.45) is 0 Å². The van der Waals surface area contributed by atoms with Crippen LogP contribution in [0.5, 0.6) is 5.88 Å². The van der Waals surface area contributed by atoms with E-state index in [4.69, 9.17) is 14.5 Å². The Bertz CT molecular complexity index is 1590. The average molecular weight is 514 g/mol. The molecule has 0 aliphatic carbocycles. The first-order chi connectivity index (χ1) is 18.4. The zero-order chi connectivity index (χ0) is 26.3. The molecule has 0 spiro atoms. The predicted molar refractivity (Wildman–Crippen MR) is 145 cm³/mol. The molecule has 0 atom stereocenters. The van der Waals surface area contributed by atoms with Gasteiger partial charge in [-0.3, -0.25) is 4.79 Å². The predicted octanol–water partition coefficient (Wildman–Crippen LogP) is 3.41. The Morgan fingerprint density at radius 1 is 1.08 bits per heavy atom. The van der Waals surface area contributed by atoms with Crippen LogP contribution in [0.2, 0.25) is 0 Å². The van der Waals surface area contributed by atoms with Gasteiger partial charge in [0.25, 0.3) is 5.56 Å². The van der Waals surface area contributed by atoms with Gasteiger partial charge in [0.05, 0.1) is 19.8 Å². The fraction of sp³-hybridized carbons (Fsp3) is 0.357. The van der Waals surface area contributed by atoms with Gasteiger partial charge in [0.1, 0.15) is 12.0 Å². The summed E-state index contributed by atoms with van der Waals surface area (Å²) >= 11 is 0. The van der Waals surface area contributed by atoms with Crippen LogP contribution in [-0.4, -0.2) is 62.6 Å². The SMILES string of the molecule is CN1Cc2ccc(Nc3ncc4c(=O)n5n(c4n3)-c3cccc(n3)OCCOC/C=C\C5)cc2C(C)(C)C1. The van der Waals surface area contributed by atoms with Crippen molar-refractivity contribution in [1.82, 2.24) is 29.2 Å². The molecular weight excluding hydrogens is 482 g/mol. The second-order valence-electron chi connectivity index (χ2n) is 10.4. The quantitative estimate of drug-likeness (QED) is 0.407. The van der Waals surface area contributed by atoms with E-state index in [1.165, 1.54) is 11.1 Å². The van der Waals surface area contributed by atoms with Crippen molar-refractivity contribution in [3.05, 3.63) is 76.2 Å². The van der Waals surface area contributed by atoms with Gasteiger partial charge in [-0.1, -0.05) is 38.1 Å². The average Bonchev–Trinajstić information content (AvgIpc) is 3.16. The number of nitrogens with zero attached hydrogens (tertiary/aromatic N) is 6. The molecule has 196 valence electrons. The maximum Gasteiger partial charge on any atom is 0.278 e. The van der Waals surface area contributed by atoms with Crippen LogP contribution in [0.4, 0.5) is 11.6 Å². The number of benzene rings is 1. The van der Waals surface area contributed by atoms with Gasteiger partial charge in [0.15, 0.2) is 11.5 Å². The van der Waals surface area contributed by atoms with Crippen LogP contribution in [0.3, 0.4) is 0 Å². The second kappa shape index (κ2) is 9.70. The first-order valence-electron chi connectivity index (χ1n) is 12.8. The number of hydrogen-bond donors (Lipinski definition) is 1. The Morgan fingerprint density at radius 2 is 1.97 bits per heavy atom. The van der Waals surface area contributed by atoms with Gasteiger partial charge < -0.3 is 19.7 Å². The first-order valence-corrected chi connectivity index (χ1v) is 12.8. The third-order valence-electron chi connectivity index (χ3n) is 6.94. The zero-order valence-electron chi connectivity index (χ0n) is 21.8. The summed E-state index contributed by atoms with van der Waals surface area (Å²) in [4.78, 5) is 29.7. The molecule has 4 aromatic rings. The third kappa shape index (κ3) is 4.57. The molecule has 2 aliphatic rings. The van der Waals surface area contributed by atoms with Gasteiger partial charge >= 0.3 is 0 Å². The van der Waals surface area contributed by atoms with Crippen LogP contribution in [0.15, 0.2) is 59.5 Å². The van der Waals surface area contributed by atoms with Gasteiger partial charge in [-0.2, -0.15) is 9.97 Å². The minimum Gasteiger partial charge on any atom is -0.475 e. The highest BCUT2D eigenvalue weighted by molar-refractivity contribution is 5.77. The summed E-state index contributed by atoms with van der Waals surface area (Å²) in [6.07, 6.45) is 5.37. The lowest BCUT2D eigenvalue weighted by atomic mass is 9.78. The molecule has 0 fully saturated rings. The molecule has 5 heterocycles. The van der Waals surface area contributed by atoms with E-state index in [1.807, 2.05) is 24.3 Å². The molecule has 3 aromatic heterocycles. The lowest BCUT2D eigenvalue weighted by molar-refractivity contribution is 0.119. The molecule has 0 amide bonds. The maximum absolute atomic E-state index is 13.4. The fourth-order valence-electron chi connectivity index (χ4n) is 5.35. The zero-order valence-corrected chi connectivity index (χ0v) is 21.8. The van der Waals surface area contributed by atoms with E-state index >= 15 is 0 Å². The number of nitrogens with one attached hydrogen (secondary N) is 1. The summed E-state index contributed by atoms with van der Waals surface area (Å²) in [6, 6.07) is 11.9. The summed E-state index contributed by atoms with van der Waals surface area (Å²) in [6.45, 7) is 8.05. The van der Waals surface area contributed by atoms with Crippen molar-refractivity contribution in [2.75, 3.05) is 38.7 Å². The van der Waals surface area contributed by atoms with E-state index in [0.717, 1.165) is 18.8 Å². The van der Waals surface area contributed by atoms with Gasteiger partial charge in [0.2, 0.25) is 11.8 Å². The van der Waals surface area contributed by atoms with Crippen molar-refractivity contribution < 1.29 is 9.47 Å². The molecular formula is C28H31N7O3. The molecule has 0 unspecified atom stereocenters. The number of fused-ring (bicyclic) bond motifs is 7. The molecule has 1 aromatic carbocycles. The Balaban J connectivity index is 1.43. The van der Waals surface area contributed by atoms with Crippen molar-refractivity contribution in [3.8, 4) is 11.7 Å². The summed E-state index contributed by atoms with van der Waals surface area (Å²) in [5.74, 6) is 1.39. The van der Waals surface area contributed by atoms with E-state index < -0.39 is 0 Å². The number of pyridine rings is 1. The molecule has 0 saturated heterocycles. The van der Waals surface area contributed by atoms with Gasteiger partial charge in [-0.15, -0.1) is 0 Å². The smallest absolute Gasteiger partial charge is 0.278 e. The number of rotatable bonds is 2. The highest BCUT2D eigenvalue weighted by Gasteiger charge is 2.30. The van der Waals surface area contributed by atoms with E-state index in [0.29, 0.717) is 55.0 Å². The number of hydrogen-bond acceptors (Lipinski definition) is 8. The standard InChI is InChI=1S/C28H31N7O3/c1-28(2)18-33(3)17-19-9-10-20(15-22(19)28)30-27-29-16-21-25(32-27)35-23-7-6-8-24(31-23)38-14-13-37-12-5-4-11-34(35)26(21)36/h4-10,15-16H,11-14,17-18H2,1-3H3,(H,29,30,32)/b5-4-. The maximum atomic E-state index is 13.4. The normalized spacial score (nSPS) is 18.3. The first kappa shape index (κ1) is 24.3. The number of anilines is 2.